The summed E-state index contributed by atoms with van der Waals surface area (Å²) in [6.07, 6.45) is -3.52. The summed E-state index contributed by atoms with van der Waals surface area (Å²) in [5, 5.41) is 2.33. The van der Waals surface area contributed by atoms with Crippen LogP contribution in [-0.2, 0) is 11.0 Å². The van der Waals surface area contributed by atoms with Crippen LogP contribution in [0.4, 0.5) is 18.9 Å². The normalized spacial score (nSPS) is 11.2. The van der Waals surface area contributed by atoms with E-state index < -0.39 is 17.8 Å². The Hall–Kier alpha value is -1.24. The van der Waals surface area contributed by atoms with Crippen LogP contribution in [0.15, 0.2) is 18.3 Å². The monoisotopic (exact) mass is 236 g/mol. The van der Waals surface area contributed by atoms with Crippen molar-refractivity contribution in [3.05, 3.63) is 24.0 Å². The maximum absolute atomic E-state index is 12.1. The van der Waals surface area contributed by atoms with Gasteiger partial charge in [0.05, 0.1) is 17.6 Å². The largest absolute Gasteiger partial charge is 0.433 e. The number of pyridine rings is 1. The third-order valence-electron chi connectivity index (χ3n) is 1.48. The Bertz CT molecular complexity index is 350. The standard InChI is InChI=1S/C8H7F3N2OS/c9-8(10,11)6-2-1-5(3-12-6)13-7(14)4-15/h1-3,15H,4H2,(H,13,14). The van der Waals surface area contributed by atoms with E-state index in [4.69, 9.17) is 0 Å². The van der Waals surface area contributed by atoms with Crippen molar-refractivity contribution in [2.45, 2.75) is 6.18 Å². The molecule has 1 aromatic heterocycles. The van der Waals surface area contributed by atoms with Crippen LogP contribution in [0.25, 0.3) is 0 Å². The third kappa shape index (κ3) is 3.43. The molecule has 0 unspecified atom stereocenters. The molecule has 0 aromatic carbocycles. The predicted octanol–water partition coefficient (Wildman–Crippen LogP) is 1.97. The average molecular weight is 236 g/mol. The molecule has 1 amide bonds. The Labute approximate surface area is 89.1 Å². The molecule has 82 valence electrons. The first kappa shape index (κ1) is 11.8. The molecule has 0 aliphatic carbocycles. The zero-order valence-electron chi connectivity index (χ0n) is 7.38. The van der Waals surface area contributed by atoms with Crippen LogP contribution in [0, 0.1) is 0 Å². The molecule has 1 N–H and O–H groups in total. The van der Waals surface area contributed by atoms with Crippen molar-refractivity contribution in [2.75, 3.05) is 11.1 Å². The minimum absolute atomic E-state index is 0.0407. The number of thiol groups is 1. The Morgan fingerprint density at radius 3 is 2.53 bits per heavy atom. The smallest absolute Gasteiger partial charge is 0.324 e. The molecule has 0 atom stereocenters. The molecular weight excluding hydrogens is 229 g/mol. The molecule has 0 bridgehead atoms. The van der Waals surface area contributed by atoms with E-state index in [1.165, 1.54) is 0 Å². The number of anilines is 1. The van der Waals surface area contributed by atoms with Gasteiger partial charge in [-0.2, -0.15) is 25.8 Å². The summed E-state index contributed by atoms with van der Waals surface area (Å²) in [5.74, 6) is -0.444. The van der Waals surface area contributed by atoms with E-state index >= 15 is 0 Å². The SMILES string of the molecule is O=C(CS)Nc1ccc(C(F)(F)F)nc1. The summed E-state index contributed by atoms with van der Waals surface area (Å²) in [5.41, 5.74) is -0.784. The summed E-state index contributed by atoms with van der Waals surface area (Å²) < 4.78 is 36.3. The molecule has 0 spiro atoms. The molecule has 0 aliphatic heterocycles. The van der Waals surface area contributed by atoms with Gasteiger partial charge in [0.1, 0.15) is 5.69 Å². The lowest BCUT2D eigenvalue weighted by atomic mass is 10.3. The molecule has 1 aromatic rings. The van der Waals surface area contributed by atoms with Gasteiger partial charge in [0.15, 0.2) is 0 Å². The van der Waals surface area contributed by atoms with Crippen molar-refractivity contribution in [2.24, 2.45) is 0 Å². The number of carbonyl (C=O) groups excluding carboxylic acids is 1. The van der Waals surface area contributed by atoms with Gasteiger partial charge >= 0.3 is 6.18 Å². The van der Waals surface area contributed by atoms with Gasteiger partial charge in [-0.15, -0.1) is 0 Å². The lowest BCUT2D eigenvalue weighted by molar-refractivity contribution is -0.141. The van der Waals surface area contributed by atoms with Crippen molar-refractivity contribution in [3.8, 4) is 0 Å². The molecule has 0 radical (unpaired) electrons. The van der Waals surface area contributed by atoms with Gasteiger partial charge in [0.25, 0.3) is 0 Å². The quantitative estimate of drug-likeness (QED) is 0.771. The summed E-state index contributed by atoms with van der Waals surface area (Å²) in [4.78, 5) is 14.0. The first-order valence-electron chi connectivity index (χ1n) is 3.87. The Kier molecular flexibility index (Phi) is 3.57. The number of aromatic nitrogens is 1. The van der Waals surface area contributed by atoms with E-state index in [-0.39, 0.29) is 11.4 Å². The third-order valence-corrected chi connectivity index (χ3v) is 1.77. The number of halogens is 3. The van der Waals surface area contributed by atoms with Crippen LogP contribution >= 0.6 is 12.6 Å². The summed E-state index contributed by atoms with van der Waals surface area (Å²) in [7, 11) is 0. The van der Waals surface area contributed by atoms with E-state index in [9.17, 15) is 18.0 Å². The second kappa shape index (κ2) is 4.52. The average Bonchev–Trinajstić information content (AvgIpc) is 2.17. The zero-order valence-corrected chi connectivity index (χ0v) is 8.27. The molecule has 7 heteroatoms. The van der Waals surface area contributed by atoms with Crippen LogP contribution in [0.1, 0.15) is 5.69 Å². The van der Waals surface area contributed by atoms with E-state index in [1.807, 2.05) is 0 Å². The highest BCUT2D eigenvalue weighted by molar-refractivity contribution is 7.81. The minimum Gasteiger partial charge on any atom is -0.324 e. The van der Waals surface area contributed by atoms with Crippen molar-refractivity contribution in [1.82, 2.24) is 4.98 Å². The predicted molar refractivity (Wildman–Crippen MR) is 51.7 cm³/mol. The van der Waals surface area contributed by atoms with Crippen molar-refractivity contribution < 1.29 is 18.0 Å². The summed E-state index contributed by atoms with van der Waals surface area (Å²) in [6, 6.07) is 1.94. The van der Waals surface area contributed by atoms with E-state index in [1.54, 1.807) is 0 Å². The fourth-order valence-electron chi connectivity index (χ4n) is 0.836. The fourth-order valence-corrected chi connectivity index (χ4v) is 0.915. The molecule has 1 rings (SSSR count). The second-order valence-corrected chi connectivity index (χ2v) is 2.95. The Morgan fingerprint density at radius 2 is 2.13 bits per heavy atom. The first-order chi connectivity index (χ1) is 6.93. The number of nitrogens with one attached hydrogen (secondary N) is 1. The second-order valence-electron chi connectivity index (χ2n) is 2.64. The van der Waals surface area contributed by atoms with Crippen molar-refractivity contribution in [3.63, 3.8) is 0 Å². The Morgan fingerprint density at radius 1 is 1.47 bits per heavy atom. The highest BCUT2D eigenvalue weighted by Crippen LogP contribution is 2.27. The van der Waals surface area contributed by atoms with Gasteiger partial charge in [-0.3, -0.25) is 4.79 Å². The first-order valence-corrected chi connectivity index (χ1v) is 4.50. The van der Waals surface area contributed by atoms with Crippen LogP contribution < -0.4 is 5.32 Å². The van der Waals surface area contributed by atoms with Gasteiger partial charge in [-0.05, 0) is 12.1 Å². The lowest BCUT2D eigenvalue weighted by Crippen LogP contribution is -2.14. The van der Waals surface area contributed by atoms with Crippen LogP contribution in [-0.4, -0.2) is 16.6 Å². The fraction of sp³-hybridized carbons (Fsp3) is 0.250. The number of hydrogen-bond donors (Lipinski definition) is 2. The Balaban J connectivity index is 2.77. The molecule has 0 aliphatic rings. The molecule has 0 fully saturated rings. The molecular formula is C8H7F3N2OS. The van der Waals surface area contributed by atoms with Crippen molar-refractivity contribution in [1.29, 1.82) is 0 Å². The van der Waals surface area contributed by atoms with Crippen LogP contribution in [0.3, 0.4) is 0 Å². The van der Waals surface area contributed by atoms with Gasteiger partial charge in [-0.25, -0.2) is 4.98 Å². The maximum atomic E-state index is 12.1. The number of amides is 1. The highest BCUT2D eigenvalue weighted by atomic mass is 32.1. The lowest BCUT2D eigenvalue weighted by Gasteiger charge is -2.06. The van der Waals surface area contributed by atoms with Crippen molar-refractivity contribution >= 4 is 24.2 Å². The topological polar surface area (TPSA) is 42.0 Å². The molecule has 0 saturated heterocycles. The van der Waals surface area contributed by atoms with Crippen LogP contribution in [0.2, 0.25) is 0 Å². The highest BCUT2D eigenvalue weighted by Gasteiger charge is 2.31. The van der Waals surface area contributed by atoms with E-state index in [2.05, 4.69) is 22.9 Å². The van der Waals surface area contributed by atoms with Gasteiger partial charge in [0, 0.05) is 0 Å². The maximum Gasteiger partial charge on any atom is 0.433 e. The molecule has 3 nitrogen and oxygen atoms in total. The molecule has 1 heterocycles. The molecule has 0 saturated carbocycles. The van der Waals surface area contributed by atoms with E-state index in [0.29, 0.717) is 0 Å². The number of hydrogen-bond acceptors (Lipinski definition) is 3. The zero-order chi connectivity index (χ0) is 11.5. The molecule has 15 heavy (non-hydrogen) atoms. The van der Waals surface area contributed by atoms with Gasteiger partial charge in [-0.1, -0.05) is 0 Å². The number of alkyl halides is 3. The number of carbonyl (C=O) groups is 1. The summed E-state index contributed by atoms with van der Waals surface area (Å²) >= 11 is 3.70. The van der Waals surface area contributed by atoms with Crippen LogP contribution in [0.5, 0.6) is 0 Å². The van der Waals surface area contributed by atoms with Gasteiger partial charge in [0.2, 0.25) is 5.91 Å². The van der Waals surface area contributed by atoms with Gasteiger partial charge < -0.3 is 5.32 Å². The van der Waals surface area contributed by atoms with E-state index in [0.717, 1.165) is 18.3 Å². The number of nitrogens with zero attached hydrogens (tertiary/aromatic N) is 1. The summed E-state index contributed by atoms with van der Waals surface area (Å²) in [6.45, 7) is 0. The minimum atomic E-state index is -4.47. The number of rotatable bonds is 2.